The molecule has 0 spiro atoms. The Kier molecular flexibility index (Phi) is 4.71. The lowest BCUT2D eigenvalue weighted by atomic mass is 10.2. The van der Waals surface area contributed by atoms with Crippen LogP contribution in [0.1, 0.15) is 11.1 Å². The highest BCUT2D eigenvalue weighted by molar-refractivity contribution is 7.99. The number of hydrogen-bond donors (Lipinski definition) is 1. The van der Waals surface area contributed by atoms with Gasteiger partial charge in [0.25, 0.3) is 0 Å². The Labute approximate surface area is 114 Å². The van der Waals surface area contributed by atoms with Gasteiger partial charge in [0.15, 0.2) is 0 Å². The Hall–Kier alpha value is -1.41. The zero-order chi connectivity index (χ0) is 12.8. The van der Waals surface area contributed by atoms with Crippen LogP contribution in [-0.2, 0) is 0 Å². The standard InChI is InChI=1S/C16H19NS/c1-13-6-8-15(9-7-13)17-10-11-18-16-5-3-4-14(2)12-16/h3-9,12,17H,10-11H2,1-2H3. The summed E-state index contributed by atoms with van der Waals surface area (Å²) < 4.78 is 0. The molecule has 18 heavy (non-hydrogen) atoms. The summed E-state index contributed by atoms with van der Waals surface area (Å²) in [6, 6.07) is 17.2. The largest absolute Gasteiger partial charge is 0.384 e. The second-order valence-corrected chi connectivity index (χ2v) is 5.63. The SMILES string of the molecule is Cc1ccc(NCCSc2cccc(C)c2)cc1. The van der Waals surface area contributed by atoms with Crippen LogP contribution in [0.4, 0.5) is 5.69 Å². The van der Waals surface area contributed by atoms with Gasteiger partial charge in [-0.05, 0) is 38.1 Å². The van der Waals surface area contributed by atoms with Crippen molar-refractivity contribution in [1.29, 1.82) is 0 Å². The smallest absolute Gasteiger partial charge is 0.0340 e. The van der Waals surface area contributed by atoms with Crippen molar-refractivity contribution in [2.24, 2.45) is 0 Å². The van der Waals surface area contributed by atoms with Crippen molar-refractivity contribution >= 4 is 17.4 Å². The molecule has 2 aromatic carbocycles. The fourth-order valence-electron chi connectivity index (χ4n) is 1.74. The molecule has 0 amide bonds. The molecule has 0 bridgehead atoms. The average Bonchev–Trinajstić information content (AvgIpc) is 2.37. The zero-order valence-corrected chi connectivity index (χ0v) is 11.8. The Morgan fingerprint density at radius 1 is 0.944 bits per heavy atom. The molecule has 94 valence electrons. The molecule has 0 radical (unpaired) electrons. The molecule has 2 heteroatoms. The van der Waals surface area contributed by atoms with Crippen molar-refractivity contribution in [1.82, 2.24) is 0 Å². The van der Waals surface area contributed by atoms with Gasteiger partial charge in [-0.25, -0.2) is 0 Å². The molecule has 0 aromatic heterocycles. The maximum absolute atomic E-state index is 3.44. The first kappa shape index (κ1) is 13.0. The maximum Gasteiger partial charge on any atom is 0.0340 e. The first-order valence-electron chi connectivity index (χ1n) is 6.24. The summed E-state index contributed by atoms with van der Waals surface area (Å²) in [5, 5.41) is 3.44. The normalized spacial score (nSPS) is 10.3. The van der Waals surface area contributed by atoms with Gasteiger partial charge < -0.3 is 5.32 Å². The van der Waals surface area contributed by atoms with E-state index in [9.17, 15) is 0 Å². The van der Waals surface area contributed by atoms with E-state index in [0.717, 1.165) is 12.3 Å². The topological polar surface area (TPSA) is 12.0 Å². The zero-order valence-electron chi connectivity index (χ0n) is 10.9. The van der Waals surface area contributed by atoms with Crippen LogP contribution in [0.3, 0.4) is 0 Å². The molecule has 0 atom stereocenters. The molecule has 0 unspecified atom stereocenters. The van der Waals surface area contributed by atoms with Gasteiger partial charge in [0.05, 0.1) is 0 Å². The lowest BCUT2D eigenvalue weighted by Gasteiger charge is -2.07. The number of hydrogen-bond acceptors (Lipinski definition) is 2. The second-order valence-electron chi connectivity index (χ2n) is 4.46. The monoisotopic (exact) mass is 257 g/mol. The average molecular weight is 257 g/mol. The van der Waals surface area contributed by atoms with Crippen LogP contribution < -0.4 is 5.32 Å². The van der Waals surface area contributed by atoms with E-state index in [-0.39, 0.29) is 0 Å². The molecule has 1 nitrogen and oxygen atoms in total. The Balaban J connectivity index is 1.74. The fourth-order valence-corrected chi connectivity index (χ4v) is 2.62. The molecule has 0 heterocycles. The third kappa shape index (κ3) is 4.11. The van der Waals surface area contributed by atoms with Gasteiger partial charge in [0.2, 0.25) is 0 Å². The van der Waals surface area contributed by atoms with Gasteiger partial charge in [-0.3, -0.25) is 0 Å². The Bertz CT molecular complexity index is 491. The van der Waals surface area contributed by atoms with Crippen LogP contribution in [0, 0.1) is 13.8 Å². The number of rotatable bonds is 5. The minimum Gasteiger partial charge on any atom is -0.384 e. The number of aryl methyl sites for hydroxylation is 2. The molecule has 0 aliphatic heterocycles. The number of thioether (sulfide) groups is 1. The van der Waals surface area contributed by atoms with E-state index in [1.165, 1.54) is 21.7 Å². The molecule has 2 aromatic rings. The van der Waals surface area contributed by atoms with E-state index in [1.807, 2.05) is 11.8 Å². The first-order valence-corrected chi connectivity index (χ1v) is 7.22. The van der Waals surface area contributed by atoms with Crippen LogP contribution in [0.15, 0.2) is 53.4 Å². The lowest BCUT2D eigenvalue weighted by Crippen LogP contribution is -2.03. The van der Waals surface area contributed by atoms with Crippen molar-refractivity contribution in [2.45, 2.75) is 18.7 Å². The molecule has 2 rings (SSSR count). The highest BCUT2D eigenvalue weighted by atomic mass is 32.2. The Morgan fingerprint density at radius 3 is 2.44 bits per heavy atom. The molecule has 1 N–H and O–H groups in total. The summed E-state index contributed by atoms with van der Waals surface area (Å²) in [4.78, 5) is 1.35. The minimum absolute atomic E-state index is 0.988. The van der Waals surface area contributed by atoms with Crippen molar-refractivity contribution in [3.05, 3.63) is 59.7 Å². The van der Waals surface area contributed by atoms with E-state index in [4.69, 9.17) is 0 Å². The van der Waals surface area contributed by atoms with Crippen LogP contribution in [0.2, 0.25) is 0 Å². The summed E-state index contributed by atoms with van der Waals surface area (Å²) in [5.41, 5.74) is 3.83. The summed E-state index contributed by atoms with van der Waals surface area (Å²) in [5.74, 6) is 1.08. The quantitative estimate of drug-likeness (QED) is 0.625. The molecular formula is C16H19NS. The van der Waals surface area contributed by atoms with Crippen LogP contribution >= 0.6 is 11.8 Å². The molecule has 0 fully saturated rings. The number of anilines is 1. The van der Waals surface area contributed by atoms with Gasteiger partial charge in [-0.1, -0.05) is 35.4 Å². The molecule has 0 aliphatic rings. The van der Waals surface area contributed by atoms with Gasteiger partial charge in [0, 0.05) is 22.9 Å². The summed E-state index contributed by atoms with van der Waals surface area (Å²) in [6.45, 7) is 5.23. The molecular weight excluding hydrogens is 238 g/mol. The van der Waals surface area contributed by atoms with Crippen LogP contribution in [0.5, 0.6) is 0 Å². The number of benzene rings is 2. The lowest BCUT2D eigenvalue weighted by molar-refractivity contribution is 1.22. The van der Waals surface area contributed by atoms with Crippen LogP contribution in [-0.4, -0.2) is 12.3 Å². The summed E-state index contributed by atoms with van der Waals surface area (Å²) in [7, 11) is 0. The molecule has 0 saturated heterocycles. The van der Waals surface area contributed by atoms with E-state index >= 15 is 0 Å². The van der Waals surface area contributed by atoms with E-state index < -0.39 is 0 Å². The molecule has 0 saturated carbocycles. The van der Waals surface area contributed by atoms with Gasteiger partial charge in [0.1, 0.15) is 0 Å². The van der Waals surface area contributed by atoms with Gasteiger partial charge in [-0.2, -0.15) is 0 Å². The predicted molar refractivity (Wildman–Crippen MR) is 81.6 cm³/mol. The van der Waals surface area contributed by atoms with E-state index in [2.05, 4.69) is 67.7 Å². The van der Waals surface area contributed by atoms with Crippen molar-refractivity contribution in [2.75, 3.05) is 17.6 Å². The van der Waals surface area contributed by atoms with Crippen molar-refractivity contribution in [3.63, 3.8) is 0 Å². The summed E-state index contributed by atoms with van der Waals surface area (Å²) in [6.07, 6.45) is 0. The fraction of sp³-hybridized carbons (Fsp3) is 0.250. The maximum atomic E-state index is 3.44. The number of nitrogens with one attached hydrogen (secondary N) is 1. The molecule has 0 aliphatic carbocycles. The van der Waals surface area contributed by atoms with Gasteiger partial charge in [-0.15, -0.1) is 11.8 Å². The second kappa shape index (κ2) is 6.50. The predicted octanol–water partition coefficient (Wildman–Crippen LogP) is 4.51. The van der Waals surface area contributed by atoms with Crippen LogP contribution in [0.25, 0.3) is 0 Å². The third-order valence-corrected chi connectivity index (χ3v) is 3.74. The van der Waals surface area contributed by atoms with Crippen molar-refractivity contribution < 1.29 is 0 Å². The third-order valence-electron chi connectivity index (χ3n) is 2.74. The Morgan fingerprint density at radius 2 is 1.72 bits per heavy atom. The van der Waals surface area contributed by atoms with Gasteiger partial charge >= 0.3 is 0 Å². The van der Waals surface area contributed by atoms with E-state index in [1.54, 1.807) is 0 Å². The van der Waals surface area contributed by atoms with E-state index in [0.29, 0.717) is 0 Å². The summed E-state index contributed by atoms with van der Waals surface area (Å²) >= 11 is 1.89. The highest BCUT2D eigenvalue weighted by Crippen LogP contribution is 2.18. The highest BCUT2D eigenvalue weighted by Gasteiger charge is 1.95. The van der Waals surface area contributed by atoms with Crippen molar-refractivity contribution in [3.8, 4) is 0 Å². The first-order chi connectivity index (χ1) is 8.74. The minimum atomic E-state index is 0.988.